The van der Waals surface area contributed by atoms with E-state index < -0.39 is 6.10 Å². The van der Waals surface area contributed by atoms with Crippen LogP contribution in [-0.4, -0.2) is 21.6 Å². The van der Waals surface area contributed by atoms with E-state index in [0.29, 0.717) is 12.2 Å². The van der Waals surface area contributed by atoms with Crippen molar-refractivity contribution in [3.63, 3.8) is 0 Å². The molecule has 2 heterocycles. The molecular formula is C18H20N2O3. The highest BCUT2D eigenvalue weighted by Gasteiger charge is 2.16. The minimum Gasteiger partial charge on any atom is -0.467 e. The third-order valence-corrected chi connectivity index (χ3v) is 3.85. The molecule has 0 spiro atoms. The summed E-state index contributed by atoms with van der Waals surface area (Å²) in [5.41, 5.74) is 1.03. The van der Waals surface area contributed by atoms with Gasteiger partial charge in [0, 0.05) is 24.2 Å². The van der Waals surface area contributed by atoms with Crippen molar-refractivity contribution in [2.24, 2.45) is 0 Å². The van der Waals surface area contributed by atoms with Gasteiger partial charge in [0.2, 0.25) is 5.91 Å². The molecule has 23 heavy (non-hydrogen) atoms. The van der Waals surface area contributed by atoms with Crippen LogP contribution in [0.1, 0.15) is 25.2 Å². The first-order chi connectivity index (χ1) is 11.1. The van der Waals surface area contributed by atoms with Gasteiger partial charge in [0.05, 0.1) is 6.26 Å². The maximum Gasteiger partial charge on any atom is 0.240 e. The number of nitrogens with one attached hydrogen (secondary N) is 1. The molecule has 0 radical (unpaired) electrons. The third kappa shape index (κ3) is 3.63. The number of para-hydroxylation sites is 1. The summed E-state index contributed by atoms with van der Waals surface area (Å²) in [5, 5.41) is 14.1. The van der Waals surface area contributed by atoms with Crippen molar-refractivity contribution in [3.8, 4) is 0 Å². The molecule has 0 fully saturated rings. The largest absolute Gasteiger partial charge is 0.467 e. The molecule has 0 bridgehead atoms. The summed E-state index contributed by atoms with van der Waals surface area (Å²) < 4.78 is 7.08. The predicted octanol–water partition coefficient (Wildman–Crippen LogP) is 2.86. The molecule has 0 aliphatic heterocycles. The van der Waals surface area contributed by atoms with Crippen molar-refractivity contribution >= 4 is 16.8 Å². The lowest BCUT2D eigenvalue weighted by molar-refractivity contribution is -0.122. The maximum absolute atomic E-state index is 12.2. The Morgan fingerprint density at radius 3 is 2.87 bits per heavy atom. The highest BCUT2D eigenvalue weighted by molar-refractivity contribution is 5.83. The van der Waals surface area contributed by atoms with Gasteiger partial charge in [-0.1, -0.05) is 18.2 Å². The number of aliphatic hydroxyl groups is 1. The number of rotatable bonds is 6. The average molecular weight is 312 g/mol. The molecule has 0 aliphatic carbocycles. The Balaban J connectivity index is 1.56. The van der Waals surface area contributed by atoms with Crippen LogP contribution in [0.5, 0.6) is 0 Å². The monoisotopic (exact) mass is 312 g/mol. The zero-order chi connectivity index (χ0) is 16.2. The molecule has 5 heteroatoms. The fourth-order valence-corrected chi connectivity index (χ4v) is 2.74. The van der Waals surface area contributed by atoms with Crippen LogP contribution in [0.4, 0.5) is 0 Å². The Labute approximate surface area is 134 Å². The van der Waals surface area contributed by atoms with Crippen LogP contribution >= 0.6 is 0 Å². The molecule has 120 valence electrons. The van der Waals surface area contributed by atoms with Crippen LogP contribution < -0.4 is 5.32 Å². The number of amides is 1. The normalized spacial score (nSPS) is 13.8. The Hall–Kier alpha value is -2.53. The highest BCUT2D eigenvalue weighted by atomic mass is 16.4. The van der Waals surface area contributed by atoms with Crippen LogP contribution in [0.25, 0.3) is 10.9 Å². The van der Waals surface area contributed by atoms with Crippen molar-refractivity contribution in [1.29, 1.82) is 0 Å². The van der Waals surface area contributed by atoms with Gasteiger partial charge in [0.1, 0.15) is 18.4 Å². The van der Waals surface area contributed by atoms with Crippen molar-refractivity contribution in [3.05, 3.63) is 60.7 Å². The number of benzene rings is 1. The Morgan fingerprint density at radius 2 is 2.09 bits per heavy atom. The molecule has 2 atom stereocenters. The summed E-state index contributed by atoms with van der Waals surface area (Å²) in [6, 6.07) is 13.3. The molecule has 0 saturated heterocycles. The molecule has 5 nitrogen and oxygen atoms in total. The fourth-order valence-electron chi connectivity index (χ4n) is 2.74. The standard InChI is InChI=1S/C18H20N2O3/c1-13(11-16(21)17-7-4-10-23-17)19-18(22)12-20-9-8-14-5-2-3-6-15(14)20/h2-10,13,16,21H,11-12H2,1H3,(H,19,22). The zero-order valence-corrected chi connectivity index (χ0v) is 13.0. The molecule has 1 amide bonds. The minimum atomic E-state index is -0.715. The molecular weight excluding hydrogens is 292 g/mol. The molecule has 2 aromatic heterocycles. The van der Waals surface area contributed by atoms with Gasteiger partial charge in [-0.2, -0.15) is 0 Å². The second-order valence-corrected chi connectivity index (χ2v) is 5.74. The van der Waals surface area contributed by atoms with E-state index in [0.717, 1.165) is 10.9 Å². The lowest BCUT2D eigenvalue weighted by atomic mass is 10.1. The molecule has 2 unspecified atom stereocenters. The van der Waals surface area contributed by atoms with Crippen molar-refractivity contribution in [2.75, 3.05) is 0 Å². The number of hydrogen-bond acceptors (Lipinski definition) is 3. The SMILES string of the molecule is CC(CC(O)c1ccco1)NC(=O)Cn1ccc2ccccc21. The van der Waals surface area contributed by atoms with Gasteiger partial charge in [-0.25, -0.2) is 0 Å². The molecule has 0 aliphatic rings. The number of nitrogens with zero attached hydrogens (tertiary/aromatic N) is 1. The van der Waals surface area contributed by atoms with Gasteiger partial charge in [0.25, 0.3) is 0 Å². The van der Waals surface area contributed by atoms with Crippen LogP contribution in [-0.2, 0) is 11.3 Å². The first kappa shape index (κ1) is 15.4. The van der Waals surface area contributed by atoms with Crippen molar-refractivity contribution in [2.45, 2.75) is 32.0 Å². The second kappa shape index (κ2) is 6.71. The van der Waals surface area contributed by atoms with E-state index in [-0.39, 0.29) is 18.5 Å². The topological polar surface area (TPSA) is 67.4 Å². The van der Waals surface area contributed by atoms with Crippen LogP contribution in [0.3, 0.4) is 0 Å². The fraction of sp³-hybridized carbons (Fsp3) is 0.278. The summed E-state index contributed by atoms with van der Waals surface area (Å²) in [7, 11) is 0. The first-order valence-electron chi connectivity index (χ1n) is 7.68. The van der Waals surface area contributed by atoms with E-state index in [2.05, 4.69) is 5.32 Å². The quantitative estimate of drug-likeness (QED) is 0.735. The number of aromatic nitrogens is 1. The summed E-state index contributed by atoms with van der Waals surface area (Å²) in [6.45, 7) is 2.13. The van der Waals surface area contributed by atoms with E-state index in [1.54, 1.807) is 12.1 Å². The highest BCUT2D eigenvalue weighted by Crippen LogP contribution is 2.18. The van der Waals surface area contributed by atoms with Gasteiger partial charge < -0.3 is 19.4 Å². The number of carbonyl (C=O) groups excluding carboxylic acids is 1. The summed E-state index contributed by atoms with van der Waals surface area (Å²) in [6.07, 6.45) is 3.13. The summed E-state index contributed by atoms with van der Waals surface area (Å²) >= 11 is 0. The molecule has 3 rings (SSSR count). The van der Waals surface area contributed by atoms with Crippen molar-refractivity contribution in [1.82, 2.24) is 9.88 Å². The predicted molar refractivity (Wildman–Crippen MR) is 87.8 cm³/mol. The maximum atomic E-state index is 12.2. The molecule has 1 aromatic carbocycles. The Bertz CT molecular complexity index is 777. The number of hydrogen-bond donors (Lipinski definition) is 2. The number of aliphatic hydroxyl groups excluding tert-OH is 1. The van der Waals surface area contributed by atoms with Crippen LogP contribution in [0.2, 0.25) is 0 Å². The second-order valence-electron chi connectivity index (χ2n) is 5.74. The molecule has 0 saturated carbocycles. The lowest BCUT2D eigenvalue weighted by Crippen LogP contribution is -2.35. The van der Waals surface area contributed by atoms with Crippen LogP contribution in [0.15, 0.2) is 59.3 Å². The summed E-state index contributed by atoms with van der Waals surface area (Å²) in [5.74, 6) is 0.438. The summed E-state index contributed by atoms with van der Waals surface area (Å²) in [4.78, 5) is 12.2. The van der Waals surface area contributed by atoms with Gasteiger partial charge in [-0.15, -0.1) is 0 Å². The number of carbonyl (C=O) groups is 1. The molecule has 3 aromatic rings. The lowest BCUT2D eigenvalue weighted by Gasteiger charge is -2.17. The Morgan fingerprint density at radius 1 is 1.26 bits per heavy atom. The van der Waals surface area contributed by atoms with E-state index in [4.69, 9.17) is 4.42 Å². The van der Waals surface area contributed by atoms with Gasteiger partial charge in [0.15, 0.2) is 0 Å². The number of fused-ring (bicyclic) bond motifs is 1. The minimum absolute atomic E-state index is 0.0782. The first-order valence-corrected chi connectivity index (χ1v) is 7.68. The van der Waals surface area contributed by atoms with E-state index >= 15 is 0 Å². The van der Waals surface area contributed by atoms with Gasteiger partial charge in [-0.05, 0) is 36.6 Å². The third-order valence-electron chi connectivity index (χ3n) is 3.85. The number of furan rings is 1. The van der Waals surface area contributed by atoms with Crippen molar-refractivity contribution < 1.29 is 14.3 Å². The van der Waals surface area contributed by atoms with Crippen LogP contribution in [0, 0.1) is 0 Å². The zero-order valence-electron chi connectivity index (χ0n) is 13.0. The van der Waals surface area contributed by atoms with Gasteiger partial charge >= 0.3 is 0 Å². The average Bonchev–Trinajstić information content (AvgIpc) is 3.17. The van der Waals surface area contributed by atoms with E-state index in [9.17, 15) is 9.90 Å². The Kier molecular flexibility index (Phi) is 4.48. The molecule has 2 N–H and O–H groups in total. The van der Waals surface area contributed by atoms with Gasteiger partial charge in [-0.3, -0.25) is 4.79 Å². The van der Waals surface area contributed by atoms with E-state index in [1.165, 1.54) is 6.26 Å². The smallest absolute Gasteiger partial charge is 0.240 e. The van der Waals surface area contributed by atoms with E-state index in [1.807, 2.05) is 48.0 Å².